The van der Waals surface area contributed by atoms with Gasteiger partial charge in [0.05, 0.1) is 11.0 Å². The molecule has 0 spiro atoms. The van der Waals surface area contributed by atoms with Crippen LogP contribution in [-0.4, -0.2) is 52.3 Å². The smallest absolute Gasteiger partial charge is 0.326 e. The normalized spacial score (nSPS) is 15.8. The van der Waals surface area contributed by atoms with Crippen LogP contribution in [0.3, 0.4) is 0 Å². The van der Waals surface area contributed by atoms with Crippen LogP contribution in [0, 0.1) is 0 Å². The molecule has 0 atom stereocenters. The van der Waals surface area contributed by atoms with Crippen LogP contribution in [-0.2, 0) is 0 Å². The van der Waals surface area contributed by atoms with E-state index in [2.05, 4.69) is 15.2 Å². The third kappa shape index (κ3) is 3.68. The maximum atomic E-state index is 13.0. The molecule has 0 radical (unpaired) electrons. The van der Waals surface area contributed by atoms with Crippen LogP contribution in [0.2, 0.25) is 0 Å². The van der Waals surface area contributed by atoms with Gasteiger partial charge in [-0.3, -0.25) is 14.2 Å². The van der Waals surface area contributed by atoms with E-state index in [1.807, 2.05) is 53.1 Å². The van der Waals surface area contributed by atoms with Crippen molar-refractivity contribution in [3.8, 4) is 11.1 Å². The first-order valence-corrected chi connectivity index (χ1v) is 12.1. The Morgan fingerprint density at radius 1 is 0.886 bits per heavy atom. The van der Waals surface area contributed by atoms with Crippen molar-refractivity contribution >= 4 is 22.7 Å². The average Bonchev–Trinajstić information content (AvgIpc) is 3.38. The molecule has 1 saturated heterocycles. The number of imidazole rings is 1. The van der Waals surface area contributed by atoms with E-state index in [1.54, 1.807) is 18.2 Å². The number of fused-ring (bicyclic) bond motifs is 4. The first kappa shape index (κ1) is 21.6. The molecule has 7 nitrogen and oxygen atoms in total. The third-order valence-electron chi connectivity index (χ3n) is 7.25. The topological polar surface area (TPSA) is 87.2 Å². The quantitative estimate of drug-likeness (QED) is 0.414. The standard InChI is InChI=1S/C28H26N4O3/c33-26-20-7-2-1-6-19(20)25-21(26)8-5-9-22(25)27(34)29-14-17-31-15-12-18(13-16-31)32-24-11-4-3-10-23(24)30-28(32)35/h1-11,18H,12-17H2,(H,29,34)(H,30,35). The largest absolute Gasteiger partial charge is 0.351 e. The molecule has 0 unspecified atom stereocenters. The molecule has 1 aromatic heterocycles. The van der Waals surface area contributed by atoms with Crippen molar-refractivity contribution in [2.45, 2.75) is 18.9 Å². The number of hydrogen-bond acceptors (Lipinski definition) is 4. The molecule has 2 heterocycles. The second kappa shape index (κ2) is 8.67. The van der Waals surface area contributed by atoms with E-state index < -0.39 is 0 Å². The molecule has 35 heavy (non-hydrogen) atoms. The van der Waals surface area contributed by atoms with Gasteiger partial charge in [0.25, 0.3) is 5.91 Å². The lowest BCUT2D eigenvalue weighted by Crippen LogP contribution is -2.41. The van der Waals surface area contributed by atoms with E-state index in [9.17, 15) is 14.4 Å². The number of likely N-dealkylation sites (tertiary alicyclic amines) is 1. The van der Waals surface area contributed by atoms with Gasteiger partial charge in [-0.2, -0.15) is 0 Å². The maximum Gasteiger partial charge on any atom is 0.326 e. The highest BCUT2D eigenvalue weighted by molar-refractivity contribution is 6.24. The number of aromatic amines is 1. The van der Waals surface area contributed by atoms with E-state index in [1.165, 1.54) is 0 Å². The van der Waals surface area contributed by atoms with Crippen molar-refractivity contribution in [1.82, 2.24) is 19.8 Å². The van der Waals surface area contributed by atoms with Gasteiger partial charge >= 0.3 is 5.69 Å². The number of hydrogen-bond donors (Lipinski definition) is 2. The van der Waals surface area contributed by atoms with Crippen LogP contribution in [0.5, 0.6) is 0 Å². The zero-order valence-corrected chi connectivity index (χ0v) is 19.3. The van der Waals surface area contributed by atoms with Crippen molar-refractivity contribution in [2.75, 3.05) is 26.2 Å². The summed E-state index contributed by atoms with van der Waals surface area (Å²) in [4.78, 5) is 43.6. The van der Waals surface area contributed by atoms with Gasteiger partial charge < -0.3 is 15.2 Å². The number of aromatic nitrogens is 2. The molecular formula is C28H26N4O3. The Kier molecular flexibility index (Phi) is 5.34. The summed E-state index contributed by atoms with van der Waals surface area (Å²) in [6.45, 7) is 3.01. The Bertz CT molecular complexity index is 1510. The van der Waals surface area contributed by atoms with Gasteiger partial charge in [-0.05, 0) is 36.6 Å². The lowest BCUT2D eigenvalue weighted by molar-refractivity contribution is 0.0945. The lowest BCUT2D eigenvalue weighted by Gasteiger charge is -2.32. The fourth-order valence-corrected chi connectivity index (χ4v) is 5.53. The van der Waals surface area contributed by atoms with E-state index in [4.69, 9.17) is 0 Å². The minimum atomic E-state index is -0.161. The van der Waals surface area contributed by atoms with Crippen molar-refractivity contribution < 1.29 is 9.59 Å². The molecule has 1 amide bonds. The average molecular weight is 467 g/mol. The fraction of sp³-hybridized carbons (Fsp3) is 0.250. The number of rotatable bonds is 5. The van der Waals surface area contributed by atoms with Crippen molar-refractivity contribution in [1.29, 1.82) is 0 Å². The molecule has 7 heteroatoms. The highest BCUT2D eigenvalue weighted by atomic mass is 16.2. The van der Waals surface area contributed by atoms with E-state index in [0.717, 1.165) is 54.6 Å². The van der Waals surface area contributed by atoms with Gasteiger partial charge in [0.15, 0.2) is 5.78 Å². The molecular weight excluding hydrogens is 440 g/mol. The number of nitrogens with zero attached hydrogens (tertiary/aromatic N) is 2. The highest BCUT2D eigenvalue weighted by Crippen LogP contribution is 2.38. The molecule has 4 aromatic rings. The minimum Gasteiger partial charge on any atom is -0.351 e. The van der Waals surface area contributed by atoms with Crippen LogP contribution >= 0.6 is 0 Å². The molecule has 1 fully saturated rings. The number of carbonyl (C=O) groups is 2. The highest BCUT2D eigenvalue weighted by Gasteiger charge is 2.30. The second-order valence-electron chi connectivity index (χ2n) is 9.25. The Morgan fingerprint density at radius 3 is 2.43 bits per heavy atom. The summed E-state index contributed by atoms with van der Waals surface area (Å²) >= 11 is 0. The number of nitrogens with one attached hydrogen (secondary N) is 2. The van der Waals surface area contributed by atoms with Gasteiger partial charge in [-0.25, -0.2) is 4.79 Å². The Labute approximate surface area is 202 Å². The number of carbonyl (C=O) groups excluding carboxylic acids is 2. The van der Waals surface area contributed by atoms with E-state index in [-0.39, 0.29) is 23.4 Å². The fourth-order valence-electron chi connectivity index (χ4n) is 5.53. The predicted octanol–water partition coefficient (Wildman–Crippen LogP) is 3.61. The predicted molar refractivity (Wildman–Crippen MR) is 135 cm³/mol. The zero-order chi connectivity index (χ0) is 23.9. The second-order valence-corrected chi connectivity index (χ2v) is 9.25. The van der Waals surface area contributed by atoms with Crippen LogP contribution in [0.1, 0.15) is 45.2 Å². The molecule has 3 aromatic carbocycles. The van der Waals surface area contributed by atoms with Gasteiger partial charge in [0, 0.05) is 54.5 Å². The van der Waals surface area contributed by atoms with Gasteiger partial charge in [-0.15, -0.1) is 0 Å². The molecule has 2 N–H and O–H groups in total. The van der Waals surface area contributed by atoms with Crippen molar-refractivity contribution in [3.63, 3.8) is 0 Å². The van der Waals surface area contributed by atoms with Crippen molar-refractivity contribution in [2.24, 2.45) is 0 Å². The number of amides is 1. The molecule has 2 aliphatic rings. The number of H-pyrrole nitrogens is 1. The first-order valence-electron chi connectivity index (χ1n) is 12.1. The van der Waals surface area contributed by atoms with Crippen LogP contribution in [0.25, 0.3) is 22.2 Å². The summed E-state index contributed by atoms with van der Waals surface area (Å²) in [6, 6.07) is 20.8. The monoisotopic (exact) mass is 466 g/mol. The number of ketones is 1. The number of para-hydroxylation sites is 2. The first-order chi connectivity index (χ1) is 17.1. The number of benzene rings is 3. The van der Waals surface area contributed by atoms with Crippen molar-refractivity contribution in [3.05, 3.63) is 93.9 Å². The lowest BCUT2D eigenvalue weighted by atomic mass is 9.99. The van der Waals surface area contributed by atoms with E-state index >= 15 is 0 Å². The number of piperidine rings is 1. The maximum absolute atomic E-state index is 13.0. The zero-order valence-electron chi connectivity index (χ0n) is 19.3. The Morgan fingerprint density at radius 2 is 1.60 bits per heavy atom. The molecule has 1 aliphatic heterocycles. The molecule has 6 rings (SSSR count). The summed E-state index contributed by atoms with van der Waals surface area (Å²) in [5, 5.41) is 3.04. The van der Waals surface area contributed by atoms with E-state index in [0.29, 0.717) is 23.2 Å². The molecule has 0 saturated carbocycles. The summed E-state index contributed by atoms with van der Waals surface area (Å²) < 4.78 is 1.89. The summed E-state index contributed by atoms with van der Waals surface area (Å²) in [5.74, 6) is -0.186. The van der Waals surface area contributed by atoms with Gasteiger partial charge in [0.2, 0.25) is 0 Å². The Balaban J connectivity index is 1.08. The van der Waals surface area contributed by atoms with Gasteiger partial charge in [0.1, 0.15) is 0 Å². The Hall–Kier alpha value is -3.97. The van der Waals surface area contributed by atoms with Crippen LogP contribution in [0.15, 0.2) is 71.5 Å². The van der Waals surface area contributed by atoms with Crippen LogP contribution in [0.4, 0.5) is 0 Å². The minimum absolute atomic E-state index is 0.0255. The summed E-state index contributed by atoms with van der Waals surface area (Å²) in [6.07, 6.45) is 1.78. The summed E-state index contributed by atoms with van der Waals surface area (Å²) in [5.41, 5.74) is 5.13. The molecule has 0 bridgehead atoms. The van der Waals surface area contributed by atoms with Gasteiger partial charge in [-0.1, -0.05) is 48.5 Å². The third-order valence-corrected chi connectivity index (χ3v) is 7.25. The molecule has 176 valence electrons. The van der Waals surface area contributed by atoms with Crippen LogP contribution < -0.4 is 11.0 Å². The SMILES string of the molecule is O=C(NCCN1CCC(n2c(=O)[nH]c3ccccc32)CC1)c1cccc2c1-c1ccccc1C2=O. The molecule has 1 aliphatic carbocycles. The summed E-state index contributed by atoms with van der Waals surface area (Å²) in [7, 11) is 0.